The molecule has 0 aliphatic carbocycles. The molecule has 0 radical (unpaired) electrons. The van der Waals surface area contributed by atoms with Gasteiger partial charge in [0.05, 0.1) is 23.4 Å². The Morgan fingerprint density at radius 3 is 2.53 bits per heavy atom. The van der Waals surface area contributed by atoms with Crippen molar-refractivity contribution in [1.82, 2.24) is 20.5 Å². The predicted octanol–water partition coefficient (Wildman–Crippen LogP) is 4.56. The number of fused-ring (bicyclic) bond motifs is 1. The molecule has 8 heteroatoms. The third-order valence-corrected chi connectivity index (χ3v) is 5.82. The molecule has 1 amide bonds. The van der Waals surface area contributed by atoms with E-state index in [4.69, 9.17) is 9.72 Å². The van der Waals surface area contributed by atoms with Crippen molar-refractivity contribution in [3.63, 3.8) is 0 Å². The highest BCUT2D eigenvalue weighted by molar-refractivity contribution is 6.07. The molecule has 184 valence electrons. The van der Waals surface area contributed by atoms with E-state index in [0.29, 0.717) is 18.7 Å². The van der Waals surface area contributed by atoms with Crippen molar-refractivity contribution in [3.8, 4) is 17.0 Å². The number of aromatic nitrogens is 1. The molecule has 1 fully saturated rings. The summed E-state index contributed by atoms with van der Waals surface area (Å²) in [5, 5.41) is 7.37. The van der Waals surface area contributed by atoms with Crippen LogP contribution in [-0.2, 0) is 0 Å². The van der Waals surface area contributed by atoms with E-state index in [-0.39, 0.29) is 30.7 Å². The Balaban J connectivity index is 0.00000204. The molecule has 2 N–H and O–H groups in total. The molecule has 4 rings (SSSR count). The number of rotatable bonds is 9. The fraction of sp³-hybridized carbons (Fsp3) is 0.385. The fourth-order valence-corrected chi connectivity index (χ4v) is 4.09. The van der Waals surface area contributed by atoms with Crippen LogP contribution in [0.4, 0.5) is 0 Å². The van der Waals surface area contributed by atoms with Crippen LogP contribution in [0.3, 0.4) is 0 Å². The number of halogens is 2. The first-order valence-corrected chi connectivity index (χ1v) is 11.6. The lowest BCUT2D eigenvalue weighted by atomic mass is 10.0. The number of benzene rings is 2. The predicted molar refractivity (Wildman–Crippen MR) is 144 cm³/mol. The van der Waals surface area contributed by atoms with Crippen molar-refractivity contribution in [2.45, 2.75) is 19.8 Å². The molecule has 2 aromatic carbocycles. The molecule has 6 nitrogen and oxygen atoms in total. The third kappa shape index (κ3) is 7.31. The zero-order valence-electron chi connectivity index (χ0n) is 19.6. The van der Waals surface area contributed by atoms with Gasteiger partial charge in [-0.1, -0.05) is 18.2 Å². The molecule has 0 spiro atoms. The van der Waals surface area contributed by atoms with Crippen LogP contribution >= 0.6 is 24.8 Å². The van der Waals surface area contributed by atoms with Crippen LogP contribution in [-0.4, -0.2) is 61.7 Å². The van der Waals surface area contributed by atoms with Crippen LogP contribution in [0.1, 0.15) is 30.1 Å². The molecule has 1 saturated heterocycles. The average Bonchev–Trinajstić information content (AvgIpc) is 2.84. The lowest BCUT2D eigenvalue weighted by molar-refractivity contribution is 0.0954. The van der Waals surface area contributed by atoms with Gasteiger partial charge in [0.1, 0.15) is 5.75 Å². The van der Waals surface area contributed by atoms with Crippen molar-refractivity contribution in [1.29, 1.82) is 0 Å². The van der Waals surface area contributed by atoms with Gasteiger partial charge in [-0.05, 0) is 62.7 Å². The molecule has 0 bridgehead atoms. The number of hydrogen-bond donors (Lipinski definition) is 2. The minimum absolute atomic E-state index is 0. The topological polar surface area (TPSA) is 66.5 Å². The number of amides is 1. The number of para-hydroxylation sites is 1. The van der Waals surface area contributed by atoms with Gasteiger partial charge in [0.2, 0.25) is 0 Å². The zero-order chi connectivity index (χ0) is 22.2. The molecule has 2 heterocycles. The van der Waals surface area contributed by atoms with Gasteiger partial charge < -0.3 is 20.3 Å². The number of carbonyl (C=O) groups is 1. The second-order valence-electron chi connectivity index (χ2n) is 8.08. The highest BCUT2D eigenvalue weighted by atomic mass is 35.5. The lowest BCUT2D eigenvalue weighted by Gasteiger charge is -2.27. The van der Waals surface area contributed by atoms with Gasteiger partial charge in [0.15, 0.2) is 0 Å². The normalized spacial score (nSPS) is 13.6. The van der Waals surface area contributed by atoms with Gasteiger partial charge in [0.25, 0.3) is 5.91 Å². The van der Waals surface area contributed by atoms with Crippen molar-refractivity contribution in [2.24, 2.45) is 0 Å². The minimum Gasteiger partial charge on any atom is -0.494 e. The van der Waals surface area contributed by atoms with E-state index in [9.17, 15) is 4.79 Å². The Hall–Kier alpha value is -2.38. The number of pyridine rings is 1. The van der Waals surface area contributed by atoms with Gasteiger partial charge in [-0.25, -0.2) is 4.98 Å². The molecular weight excluding hydrogens is 471 g/mol. The smallest absolute Gasteiger partial charge is 0.252 e. The number of nitrogens with one attached hydrogen (secondary N) is 2. The van der Waals surface area contributed by atoms with E-state index in [0.717, 1.165) is 73.5 Å². The maximum atomic E-state index is 13.1. The van der Waals surface area contributed by atoms with Crippen LogP contribution < -0.4 is 15.4 Å². The quantitative estimate of drug-likeness (QED) is 0.418. The van der Waals surface area contributed by atoms with Crippen LogP contribution in [0.5, 0.6) is 5.75 Å². The number of hydrogen-bond acceptors (Lipinski definition) is 5. The van der Waals surface area contributed by atoms with E-state index in [2.05, 4.69) is 15.5 Å². The van der Waals surface area contributed by atoms with E-state index in [1.807, 2.05) is 61.5 Å². The molecular formula is C26H34Cl2N4O2. The molecule has 1 aliphatic heterocycles. The van der Waals surface area contributed by atoms with E-state index in [1.54, 1.807) is 0 Å². The highest BCUT2D eigenvalue weighted by Gasteiger charge is 2.14. The molecule has 1 aromatic heterocycles. The van der Waals surface area contributed by atoms with Crippen molar-refractivity contribution in [3.05, 3.63) is 60.2 Å². The zero-order valence-corrected chi connectivity index (χ0v) is 21.2. The first kappa shape index (κ1) is 27.9. The van der Waals surface area contributed by atoms with Gasteiger partial charge in [-0.15, -0.1) is 24.8 Å². The van der Waals surface area contributed by atoms with Crippen molar-refractivity contribution in [2.75, 3.05) is 45.9 Å². The van der Waals surface area contributed by atoms with Crippen LogP contribution in [0.15, 0.2) is 54.6 Å². The maximum absolute atomic E-state index is 13.1. The van der Waals surface area contributed by atoms with Gasteiger partial charge in [-0.2, -0.15) is 0 Å². The summed E-state index contributed by atoms with van der Waals surface area (Å²) in [4.78, 5) is 20.3. The minimum atomic E-state index is -0.0436. The first-order chi connectivity index (χ1) is 15.7. The second-order valence-corrected chi connectivity index (χ2v) is 8.08. The largest absolute Gasteiger partial charge is 0.494 e. The van der Waals surface area contributed by atoms with E-state index < -0.39 is 0 Å². The fourth-order valence-electron chi connectivity index (χ4n) is 4.09. The molecule has 0 atom stereocenters. The summed E-state index contributed by atoms with van der Waals surface area (Å²) in [7, 11) is 0. The Bertz CT molecular complexity index is 1040. The summed E-state index contributed by atoms with van der Waals surface area (Å²) in [6.45, 7) is 8.75. The number of carbonyl (C=O) groups excluding carboxylic acids is 1. The van der Waals surface area contributed by atoms with Crippen LogP contribution in [0, 0.1) is 0 Å². The average molecular weight is 505 g/mol. The standard InChI is InChI=1S/C26H32N4O2.2ClH/c1-2-32-21-11-9-20(10-12-21)25-19-23(22-7-3-4-8-24(22)29-25)26(31)28-13-5-6-16-30-17-14-27-15-18-30;;/h3-4,7-12,19,27H,2,5-6,13-18H2,1H3,(H,28,31);2*1H. The summed E-state index contributed by atoms with van der Waals surface area (Å²) < 4.78 is 5.54. The van der Waals surface area contributed by atoms with E-state index in [1.165, 1.54) is 0 Å². The number of nitrogens with zero attached hydrogens (tertiary/aromatic N) is 2. The molecule has 0 unspecified atom stereocenters. The second kappa shape index (κ2) is 14.1. The summed E-state index contributed by atoms with van der Waals surface area (Å²) >= 11 is 0. The highest BCUT2D eigenvalue weighted by Crippen LogP contribution is 2.26. The lowest BCUT2D eigenvalue weighted by Crippen LogP contribution is -2.43. The van der Waals surface area contributed by atoms with Crippen LogP contribution in [0.25, 0.3) is 22.2 Å². The molecule has 0 saturated carbocycles. The summed E-state index contributed by atoms with van der Waals surface area (Å²) in [6.07, 6.45) is 2.07. The van der Waals surface area contributed by atoms with Gasteiger partial charge in [0, 0.05) is 43.7 Å². The summed E-state index contributed by atoms with van der Waals surface area (Å²) in [5.74, 6) is 0.786. The number of ether oxygens (including phenoxy) is 1. The monoisotopic (exact) mass is 504 g/mol. The van der Waals surface area contributed by atoms with Crippen LogP contribution in [0.2, 0.25) is 0 Å². The Labute approximate surface area is 214 Å². The Morgan fingerprint density at radius 1 is 1.06 bits per heavy atom. The number of piperazine rings is 1. The Kier molecular flexibility index (Phi) is 11.6. The van der Waals surface area contributed by atoms with Crippen molar-refractivity contribution >= 4 is 41.6 Å². The van der Waals surface area contributed by atoms with Gasteiger partial charge >= 0.3 is 0 Å². The first-order valence-electron chi connectivity index (χ1n) is 11.6. The third-order valence-electron chi connectivity index (χ3n) is 5.82. The number of unbranched alkanes of at least 4 members (excludes halogenated alkanes) is 1. The summed E-state index contributed by atoms with van der Waals surface area (Å²) in [5.41, 5.74) is 3.24. The van der Waals surface area contributed by atoms with E-state index >= 15 is 0 Å². The van der Waals surface area contributed by atoms with Gasteiger partial charge in [-0.3, -0.25) is 4.79 Å². The van der Waals surface area contributed by atoms with Crippen molar-refractivity contribution < 1.29 is 9.53 Å². The maximum Gasteiger partial charge on any atom is 0.252 e. The summed E-state index contributed by atoms with van der Waals surface area (Å²) in [6, 6.07) is 17.6. The Morgan fingerprint density at radius 2 is 1.79 bits per heavy atom. The SMILES string of the molecule is CCOc1ccc(-c2cc(C(=O)NCCCCN3CCNCC3)c3ccccc3n2)cc1.Cl.Cl. The molecule has 3 aromatic rings. The molecule has 1 aliphatic rings. The molecule has 34 heavy (non-hydrogen) atoms.